The minimum Gasteiger partial charge on any atom is -0.348 e. The lowest BCUT2D eigenvalue weighted by molar-refractivity contribution is -0.173. The van der Waals surface area contributed by atoms with Gasteiger partial charge < -0.3 is 9.47 Å². The number of nitrogens with zero attached hydrogens (tertiary/aromatic N) is 1. The Morgan fingerprint density at radius 1 is 1.39 bits per heavy atom. The maximum absolute atomic E-state index is 8.82. The molecule has 6 atom stereocenters. The van der Waals surface area contributed by atoms with E-state index in [1.807, 2.05) is 0 Å². The van der Waals surface area contributed by atoms with Gasteiger partial charge in [-0.2, -0.15) is 5.26 Å². The van der Waals surface area contributed by atoms with Crippen LogP contribution < -0.4 is 0 Å². The number of ether oxygens (including phenoxy) is 2. The summed E-state index contributed by atoms with van der Waals surface area (Å²) >= 11 is 0. The molecule has 0 aromatic rings. The fourth-order valence-corrected chi connectivity index (χ4v) is 4.83. The van der Waals surface area contributed by atoms with Crippen molar-refractivity contribution in [2.24, 2.45) is 22.7 Å². The van der Waals surface area contributed by atoms with Gasteiger partial charge in [0.2, 0.25) is 0 Å². The molecule has 0 unspecified atom stereocenters. The lowest BCUT2D eigenvalue weighted by atomic mass is 9.70. The van der Waals surface area contributed by atoms with Crippen LogP contribution in [0.3, 0.4) is 0 Å². The highest BCUT2D eigenvalue weighted by Crippen LogP contribution is 2.71. The minimum absolute atomic E-state index is 0.161. The predicted octanol–water partition coefficient (Wildman–Crippen LogP) is 3.10. The Kier molecular flexibility index (Phi) is 2.56. The van der Waals surface area contributed by atoms with Crippen molar-refractivity contribution in [3.63, 3.8) is 0 Å². The van der Waals surface area contributed by atoms with E-state index in [1.54, 1.807) is 6.92 Å². The topological polar surface area (TPSA) is 42.2 Å². The Labute approximate surface area is 109 Å². The highest BCUT2D eigenvalue weighted by molar-refractivity contribution is 5.16. The van der Waals surface area contributed by atoms with Crippen molar-refractivity contribution in [2.45, 2.75) is 65.5 Å². The van der Waals surface area contributed by atoms with E-state index in [0.29, 0.717) is 17.4 Å². The van der Waals surface area contributed by atoms with Crippen LogP contribution >= 0.6 is 0 Å². The zero-order chi connectivity index (χ0) is 13.1. The van der Waals surface area contributed by atoms with E-state index in [1.165, 1.54) is 12.8 Å². The van der Waals surface area contributed by atoms with E-state index in [2.05, 4.69) is 26.8 Å². The van der Waals surface area contributed by atoms with Crippen molar-refractivity contribution >= 4 is 0 Å². The molecule has 1 heterocycles. The Bertz CT molecular complexity index is 400. The maximum Gasteiger partial charge on any atom is 0.160 e. The second-order valence-corrected chi connectivity index (χ2v) is 7.08. The molecule has 3 aliphatic rings. The van der Waals surface area contributed by atoms with Gasteiger partial charge in [-0.25, -0.2) is 0 Å². The normalized spacial score (nSPS) is 49.9. The monoisotopic (exact) mass is 249 g/mol. The van der Waals surface area contributed by atoms with Gasteiger partial charge in [-0.1, -0.05) is 20.8 Å². The van der Waals surface area contributed by atoms with Gasteiger partial charge in [-0.05, 0) is 42.4 Å². The molecule has 1 saturated heterocycles. The van der Waals surface area contributed by atoms with Crippen LogP contribution in [-0.4, -0.2) is 18.5 Å². The maximum atomic E-state index is 8.82. The highest BCUT2D eigenvalue weighted by Gasteiger charge is 2.69. The van der Waals surface area contributed by atoms with Crippen molar-refractivity contribution in [1.29, 1.82) is 5.26 Å². The second-order valence-electron chi connectivity index (χ2n) is 7.08. The molecule has 0 aromatic carbocycles. The third-order valence-electron chi connectivity index (χ3n) is 6.21. The minimum atomic E-state index is -0.368. The molecule has 0 radical (unpaired) electrons. The Morgan fingerprint density at radius 3 is 2.72 bits per heavy atom. The third-order valence-corrected chi connectivity index (χ3v) is 6.21. The van der Waals surface area contributed by atoms with Gasteiger partial charge in [0.05, 0.1) is 12.2 Å². The molecule has 0 amide bonds. The average molecular weight is 249 g/mol. The van der Waals surface area contributed by atoms with Crippen LogP contribution in [0, 0.1) is 34.0 Å². The van der Waals surface area contributed by atoms with Crippen molar-refractivity contribution < 1.29 is 9.47 Å². The molecule has 1 aliphatic heterocycles. The van der Waals surface area contributed by atoms with Gasteiger partial charge in [0.25, 0.3) is 0 Å². The van der Waals surface area contributed by atoms with Crippen molar-refractivity contribution in [3.05, 3.63) is 0 Å². The fourth-order valence-electron chi connectivity index (χ4n) is 4.83. The van der Waals surface area contributed by atoms with Crippen LogP contribution in [0.5, 0.6) is 0 Å². The van der Waals surface area contributed by atoms with Crippen molar-refractivity contribution in [3.8, 4) is 6.07 Å². The van der Waals surface area contributed by atoms with Gasteiger partial charge in [0, 0.05) is 6.42 Å². The van der Waals surface area contributed by atoms with E-state index >= 15 is 0 Å². The molecule has 2 saturated carbocycles. The molecular weight excluding hydrogens is 226 g/mol. The van der Waals surface area contributed by atoms with Gasteiger partial charge in [-0.15, -0.1) is 0 Å². The summed E-state index contributed by atoms with van der Waals surface area (Å²) in [4.78, 5) is 0. The first-order chi connectivity index (χ1) is 8.40. The van der Waals surface area contributed by atoms with Crippen molar-refractivity contribution in [2.75, 3.05) is 0 Å². The van der Waals surface area contributed by atoms with Gasteiger partial charge in [0.1, 0.15) is 6.10 Å². The number of hydrogen-bond donors (Lipinski definition) is 0. The fraction of sp³-hybridized carbons (Fsp3) is 0.933. The molecule has 3 rings (SSSR count). The molecule has 100 valence electrons. The molecule has 0 N–H and O–H groups in total. The number of nitriles is 1. The summed E-state index contributed by atoms with van der Waals surface area (Å²) in [6.45, 7) is 8.98. The number of rotatable bonds is 2. The number of fused-ring (bicyclic) bond motifs is 5. The summed E-state index contributed by atoms with van der Waals surface area (Å²) in [6, 6.07) is 2.12. The Balaban J connectivity index is 1.77. The van der Waals surface area contributed by atoms with Crippen LogP contribution in [0.1, 0.15) is 47.0 Å². The lowest BCUT2D eigenvalue weighted by Crippen LogP contribution is -2.38. The van der Waals surface area contributed by atoms with E-state index in [4.69, 9.17) is 14.7 Å². The Morgan fingerprint density at radius 2 is 2.11 bits per heavy atom. The molecular formula is C15H23NO2. The predicted molar refractivity (Wildman–Crippen MR) is 67.5 cm³/mol. The van der Waals surface area contributed by atoms with E-state index in [9.17, 15) is 0 Å². The second kappa shape index (κ2) is 3.71. The molecule has 18 heavy (non-hydrogen) atoms. The summed E-state index contributed by atoms with van der Waals surface area (Å²) in [5.74, 6) is 1.40. The number of hydrogen-bond acceptors (Lipinski definition) is 3. The van der Waals surface area contributed by atoms with Crippen LogP contribution in [0.2, 0.25) is 0 Å². The van der Waals surface area contributed by atoms with Gasteiger partial charge in [0.15, 0.2) is 6.29 Å². The van der Waals surface area contributed by atoms with Crippen LogP contribution in [0.4, 0.5) is 0 Å². The molecule has 3 heteroatoms. The largest absolute Gasteiger partial charge is 0.348 e. The highest BCUT2D eigenvalue weighted by atomic mass is 16.7. The van der Waals surface area contributed by atoms with Gasteiger partial charge in [-0.3, -0.25) is 0 Å². The van der Waals surface area contributed by atoms with Gasteiger partial charge >= 0.3 is 0 Å². The molecule has 2 bridgehead atoms. The van der Waals surface area contributed by atoms with Crippen LogP contribution in [0.15, 0.2) is 0 Å². The summed E-state index contributed by atoms with van der Waals surface area (Å²) in [5.41, 5.74) is 0.671. The van der Waals surface area contributed by atoms with Crippen molar-refractivity contribution in [1.82, 2.24) is 0 Å². The third kappa shape index (κ3) is 1.37. The molecule has 3 nitrogen and oxygen atoms in total. The SMILES string of the molecule is C[C@H](C#N)O[C@@H]1C[C@H]2[C@H]3CC[C@@](C)([C@H]2O1)C3(C)C. The zero-order valence-electron chi connectivity index (χ0n) is 11.8. The van der Waals surface area contributed by atoms with E-state index in [-0.39, 0.29) is 17.8 Å². The lowest BCUT2D eigenvalue weighted by Gasteiger charge is -2.38. The summed E-state index contributed by atoms with van der Waals surface area (Å²) in [5, 5.41) is 8.82. The van der Waals surface area contributed by atoms with E-state index in [0.717, 1.165) is 12.3 Å². The molecule has 0 spiro atoms. The summed E-state index contributed by atoms with van der Waals surface area (Å²) in [6.07, 6.45) is 3.38. The van der Waals surface area contributed by atoms with Crippen LogP contribution in [-0.2, 0) is 9.47 Å². The quantitative estimate of drug-likeness (QED) is 0.755. The molecule has 2 aliphatic carbocycles. The summed E-state index contributed by atoms with van der Waals surface area (Å²) in [7, 11) is 0. The molecule has 0 aromatic heterocycles. The standard InChI is InChI=1S/C15H23NO2/c1-9(8-16)17-12-7-10-11-5-6-15(4,13(10)18-12)14(11,2)3/h9-13H,5-7H2,1-4H3/t9-,10+,11-,12+,13+,15+/m1/s1. The average Bonchev–Trinajstić information content (AvgIpc) is 2.85. The smallest absolute Gasteiger partial charge is 0.160 e. The van der Waals surface area contributed by atoms with Crippen LogP contribution in [0.25, 0.3) is 0 Å². The first kappa shape index (κ1) is 12.4. The summed E-state index contributed by atoms with van der Waals surface area (Å²) < 4.78 is 11.8. The molecule has 3 fully saturated rings. The first-order valence-electron chi connectivity index (χ1n) is 7.10. The Hall–Kier alpha value is -0.590. The zero-order valence-corrected chi connectivity index (χ0v) is 11.8. The first-order valence-corrected chi connectivity index (χ1v) is 7.10. The van der Waals surface area contributed by atoms with E-state index < -0.39 is 0 Å².